The molecule has 3 aromatic rings. The number of nitrogens with zero attached hydrogens (tertiary/aromatic N) is 1. The predicted molar refractivity (Wildman–Crippen MR) is 100 cm³/mol. The van der Waals surface area contributed by atoms with Gasteiger partial charge in [0.2, 0.25) is 5.43 Å². The Kier molecular flexibility index (Phi) is 4.68. The van der Waals surface area contributed by atoms with Crippen LogP contribution in [0.15, 0.2) is 45.6 Å². The van der Waals surface area contributed by atoms with Crippen molar-refractivity contribution in [1.29, 1.82) is 0 Å². The van der Waals surface area contributed by atoms with Gasteiger partial charge in [0.05, 0.1) is 23.1 Å². The molecule has 0 amide bonds. The fourth-order valence-electron chi connectivity index (χ4n) is 3.43. The van der Waals surface area contributed by atoms with Crippen molar-refractivity contribution in [1.82, 2.24) is 4.90 Å². The van der Waals surface area contributed by atoms with Crippen LogP contribution in [0.1, 0.15) is 11.3 Å². The summed E-state index contributed by atoms with van der Waals surface area (Å²) >= 11 is 0. The number of hydrogen-bond acceptors (Lipinski definition) is 5. The summed E-state index contributed by atoms with van der Waals surface area (Å²) in [7, 11) is 1.66. The van der Waals surface area contributed by atoms with Crippen LogP contribution in [0.4, 0.5) is 4.39 Å². The lowest BCUT2D eigenvalue weighted by molar-refractivity contribution is 0.0658. The van der Waals surface area contributed by atoms with Crippen molar-refractivity contribution in [2.75, 3.05) is 27.0 Å². The van der Waals surface area contributed by atoms with E-state index >= 15 is 0 Å². The van der Waals surface area contributed by atoms with E-state index in [9.17, 15) is 9.18 Å². The van der Waals surface area contributed by atoms with Crippen molar-refractivity contribution < 1.29 is 18.3 Å². The lowest BCUT2D eigenvalue weighted by atomic mass is 10.0. The number of aryl methyl sites for hydroxylation is 1. The van der Waals surface area contributed by atoms with Crippen molar-refractivity contribution in [2.24, 2.45) is 0 Å². The average molecular weight is 369 g/mol. The molecule has 0 radical (unpaired) electrons. The summed E-state index contributed by atoms with van der Waals surface area (Å²) in [5, 5.41) is 0.496. The molecule has 0 aliphatic carbocycles. The maximum Gasteiger partial charge on any atom is 0.200 e. The molecule has 1 aliphatic rings. The topological polar surface area (TPSA) is 51.9 Å². The number of halogens is 1. The van der Waals surface area contributed by atoms with Crippen LogP contribution in [0.5, 0.6) is 5.75 Å². The van der Waals surface area contributed by atoms with Crippen molar-refractivity contribution >= 4 is 11.0 Å². The fourth-order valence-corrected chi connectivity index (χ4v) is 3.43. The summed E-state index contributed by atoms with van der Waals surface area (Å²) in [6, 6.07) is 9.41. The number of ether oxygens (including phenoxy) is 2. The first-order chi connectivity index (χ1) is 13.1. The second-order valence-electron chi connectivity index (χ2n) is 6.61. The van der Waals surface area contributed by atoms with Gasteiger partial charge in [0.1, 0.15) is 29.6 Å². The van der Waals surface area contributed by atoms with Crippen LogP contribution in [0.3, 0.4) is 0 Å². The van der Waals surface area contributed by atoms with Crippen LogP contribution in [0.2, 0.25) is 0 Å². The smallest absolute Gasteiger partial charge is 0.200 e. The number of hydrogen-bond donors (Lipinski definition) is 0. The van der Waals surface area contributed by atoms with Gasteiger partial charge in [-0.05, 0) is 36.8 Å². The molecule has 27 heavy (non-hydrogen) atoms. The summed E-state index contributed by atoms with van der Waals surface area (Å²) in [4.78, 5) is 15.2. The molecule has 6 heteroatoms. The van der Waals surface area contributed by atoms with E-state index in [0.717, 1.165) is 17.9 Å². The quantitative estimate of drug-likeness (QED) is 0.702. The summed E-state index contributed by atoms with van der Waals surface area (Å²) in [6.45, 7) is 4.17. The minimum Gasteiger partial charge on any atom is -0.478 e. The minimum absolute atomic E-state index is 0.128. The van der Waals surface area contributed by atoms with Crippen LogP contribution in [-0.2, 0) is 11.3 Å². The molecule has 0 spiro atoms. The van der Waals surface area contributed by atoms with Gasteiger partial charge in [-0.25, -0.2) is 4.39 Å². The molecule has 5 nitrogen and oxygen atoms in total. The predicted octanol–water partition coefficient (Wildman–Crippen LogP) is 3.71. The Hall–Kier alpha value is -2.70. The van der Waals surface area contributed by atoms with E-state index in [2.05, 4.69) is 4.90 Å². The molecule has 0 saturated heterocycles. The number of rotatable bonds is 4. The first-order valence-electron chi connectivity index (χ1n) is 8.78. The van der Waals surface area contributed by atoms with Gasteiger partial charge in [-0.2, -0.15) is 0 Å². The van der Waals surface area contributed by atoms with E-state index < -0.39 is 0 Å². The van der Waals surface area contributed by atoms with Gasteiger partial charge in [-0.15, -0.1) is 0 Å². The van der Waals surface area contributed by atoms with Gasteiger partial charge in [0.25, 0.3) is 0 Å². The number of methoxy groups -OCH3 is 1. The van der Waals surface area contributed by atoms with Crippen LogP contribution >= 0.6 is 0 Å². The Labute approximate surface area is 155 Å². The molecule has 1 aromatic heterocycles. The van der Waals surface area contributed by atoms with Crippen LogP contribution < -0.4 is 10.2 Å². The largest absolute Gasteiger partial charge is 0.478 e. The molecule has 140 valence electrons. The second-order valence-corrected chi connectivity index (χ2v) is 6.61. The SMILES string of the molecule is COCCN1COc2ccc3c(=O)c(-c4ccc(F)cc4)c(C)oc3c2C1. The standard InChI is InChI=1S/C21H20FNO4/c1-13-19(14-3-5-15(22)6-4-14)20(24)16-7-8-18-17(21(16)27-13)11-23(12-26-18)9-10-25-2/h3-8H,9-12H2,1-2H3. The molecule has 0 bridgehead atoms. The molecule has 4 rings (SSSR count). The molecular weight excluding hydrogens is 349 g/mol. The van der Waals surface area contributed by atoms with Crippen LogP contribution in [-0.4, -0.2) is 31.9 Å². The van der Waals surface area contributed by atoms with E-state index in [-0.39, 0.29) is 11.2 Å². The summed E-state index contributed by atoms with van der Waals surface area (Å²) in [5.74, 6) is 0.888. The van der Waals surface area contributed by atoms with Gasteiger partial charge >= 0.3 is 0 Å². The number of fused-ring (bicyclic) bond motifs is 3. The zero-order valence-corrected chi connectivity index (χ0v) is 15.3. The summed E-state index contributed by atoms with van der Waals surface area (Å²) in [6.07, 6.45) is 0. The highest BCUT2D eigenvalue weighted by Gasteiger charge is 2.23. The van der Waals surface area contributed by atoms with Crippen LogP contribution in [0.25, 0.3) is 22.1 Å². The highest BCUT2D eigenvalue weighted by atomic mass is 19.1. The van der Waals surface area contributed by atoms with E-state index in [0.29, 0.717) is 47.7 Å². The fraction of sp³-hybridized carbons (Fsp3) is 0.286. The molecule has 0 atom stereocenters. The van der Waals surface area contributed by atoms with Gasteiger partial charge in [0, 0.05) is 20.2 Å². The van der Waals surface area contributed by atoms with E-state index in [1.807, 2.05) is 6.07 Å². The minimum atomic E-state index is -0.344. The van der Waals surface area contributed by atoms with E-state index in [4.69, 9.17) is 13.9 Å². The van der Waals surface area contributed by atoms with Crippen molar-refractivity contribution in [2.45, 2.75) is 13.5 Å². The molecule has 0 unspecified atom stereocenters. The van der Waals surface area contributed by atoms with Crippen LogP contribution in [0, 0.1) is 12.7 Å². The molecule has 1 aliphatic heterocycles. The second kappa shape index (κ2) is 7.13. The monoisotopic (exact) mass is 369 g/mol. The summed E-state index contributed by atoms with van der Waals surface area (Å²) < 4.78 is 30.3. The van der Waals surface area contributed by atoms with Crippen molar-refractivity contribution in [3.8, 4) is 16.9 Å². The Morgan fingerprint density at radius 3 is 2.70 bits per heavy atom. The Morgan fingerprint density at radius 2 is 1.96 bits per heavy atom. The molecule has 0 fully saturated rings. The highest BCUT2D eigenvalue weighted by molar-refractivity contribution is 5.86. The van der Waals surface area contributed by atoms with Gasteiger partial charge in [-0.1, -0.05) is 12.1 Å². The zero-order chi connectivity index (χ0) is 19.0. The third-order valence-corrected chi connectivity index (χ3v) is 4.83. The Balaban J connectivity index is 1.84. The third-order valence-electron chi connectivity index (χ3n) is 4.83. The summed E-state index contributed by atoms with van der Waals surface area (Å²) in [5.41, 5.74) is 2.37. The highest BCUT2D eigenvalue weighted by Crippen LogP contribution is 2.33. The van der Waals surface area contributed by atoms with E-state index in [1.165, 1.54) is 12.1 Å². The first-order valence-corrected chi connectivity index (χ1v) is 8.78. The lowest BCUT2D eigenvalue weighted by Gasteiger charge is -2.29. The maximum atomic E-state index is 13.2. The zero-order valence-electron chi connectivity index (χ0n) is 15.3. The molecule has 2 heterocycles. The first kappa shape index (κ1) is 17.7. The van der Waals surface area contributed by atoms with Gasteiger partial charge in [0.15, 0.2) is 0 Å². The normalized spacial score (nSPS) is 14.2. The Bertz CT molecular complexity index is 1040. The lowest BCUT2D eigenvalue weighted by Crippen LogP contribution is -2.34. The molecule has 0 N–H and O–H groups in total. The van der Waals surface area contributed by atoms with Crippen molar-refractivity contribution in [3.63, 3.8) is 0 Å². The molecule has 0 saturated carbocycles. The number of benzene rings is 2. The average Bonchev–Trinajstić information content (AvgIpc) is 2.67. The van der Waals surface area contributed by atoms with Gasteiger partial charge < -0.3 is 13.9 Å². The maximum absolute atomic E-state index is 13.2. The van der Waals surface area contributed by atoms with Crippen molar-refractivity contribution in [3.05, 3.63) is 63.8 Å². The van der Waals surface area contributed by atoms with Gasteiger partial charge in [-0.3, -0.25) is 9.69 Å². The Morgan fingerprint density at radius 1 is 1.19 bits per heavy atom. The third kappa shape index (κ3) is 3.22. The molecule has 2 aromatic carbocycles. The molecular formula is C21H20FNO4. The van der Waals surface area contributed by atoms with E-state index in [1.54, 1.807) is 32.2 Å².